The molecule has 0 amide bonds. The smallest absolute Gasteiger partial charge is 0.133 e. The van der Waals surface area contributed by atoms with Gasteiger partial charge in [0, 0.05) is 5.75 Å². The van der Waals surface area contributed by atoms with Gasteiger partial charge in [-0.2, -0.15) is 5.26 Å². The number of thiocyanates is 1. The number of hydrogen-bond donors (Lipinski definition) is 0. The minimum Gasteiger partial charge on any atom is -0.493 e. The Morgan fingerprint density at radius 2 is 2.05 bits per heavy atom. The predicted octanol–water partition coefficient (Wildman–Crippen LogP) is 4.80. The minimum atomic E-state index is 0.486. The molecule has 0 aliphatic rings. The molecule has 0 heterocycles. The fraction of sp³-hybridized carbons (Fsp3) is 0.562. The summed E-state index contributed by atoms with van der Waals surface area (Å²) >= 11 is 1.34. The average Bonchev–Trinajstić information content (AvgIpc) is 2.39. The first-order valence-electron chi connectivity index (χ1n) is 6.85. The van der Waals surface area contributed by atoms with Gasteiger partial charge in [0.2, 0.25) is 0 Å². The van der Waals surface area contributed by atoms with Crippen molar-refractivity contribution < 1.29 is 4.74 Å². The highest BCUT2D eigenvalue weighted by Crippen LogP contribution is 2.30. The molecule has 0 N–H and O–H groups in total. The van der Waals surface area contributed by atoms with Crippen LogP contribution in [0.5, 0.6) is 5.75 Å². The quantitative estimate of drug-likeness (QED) is 0.530. The number of hydrogen-bond acceptors (Lipinski definition) is 3. The molecular weight excluding hydrogens is 254 g/mol. The van der Waals surface area contributed by atoms with Crippen molar-refractivity contribution in [1.29, 1.82) is 5.26 Å². The number of nitrogens with zero attached hydrogens (tertiary/aromatic N) is 1. The number of thioether (sulfide) groups is 1. The summed E-state index contributed by atoms with van der Waals surface area (Å²) in [5.74, 6) is 2.38. The second kappa shape index (κ2) is 8.12. The summed E-state index contributed by atoms with van der Waals surface area (Å²) in [5, 5.41) is 10.7. The van der Waals surface area contributed by atoms with Gasteiger partial charge in [0.05, 0.1) is 6.61 Å². The summed E-state index contributed by atoms with van der Waals surface area (Å²) in [6, 6.07) is 4.39. The lowest BCUT2D eigenvalue weighted by atomic mass is 9.92. The lowest BCUT2D eigenvalue weighted by Gasteiger charge is -2.17. The van der Waals surface area contributed by atoms with Crippen LogP contribution in [0.4, 0.5) is 0 Å². The van der Waals surface area contributed by atoms with Crippen LogP contribution in [0.1, 0.15) is 49.3 Å². The van der Waals surface area contributed by atoms with E-state index in [-0.39, 0.29) is 0 Å². The van der Waals surface area contributed by atoms with E-state index in [9.17, 15) is 0 Å². The van der Waals surface area contributed by atoms with Crippen molar-refractivity contribution in [2.45, 2.75) is 46.5 Å². The first kappa shape index (κ1) is 15.9. The van der Waals surface area contributed by atoms with Crippen LogP contribution in [0, 0.1) is 24.5 Å². The lowest BCUT2D eigenvalue weighted by Crippen LogP contribution is -2.02. The van der Waals surface area contributed by atoms with Crippen LogP contribution in [0.2, 0.25) is 0 Å². The maximum absolute atomic E-state index is 8.56. The lowest BCUT2D eigenvalue weighted by molar-refractivity contribution is 0.315. The van der Waals surface area contributed by atoms with Gasteiger partial charge < -0.3 is 4.74 Å². The topological polar surface area (TPSA) is 33.0 Å². The second-order valence-electron chi connectivity index (χ2n) is 4.95. The number of nitriles is 1. The Balaban J connectivity index is 2.80. The Labute approximate surface area is 121 Å². The SMILES string of the molecule is CCCOc1cc(C)c(C(C)CCSC#N)cc1C. The van der Waals surface area contributed by atoms with E-state index in [4.69, 9.17) is 10.00 Å². The molecule has 0 aliphatic heterocycles. The molecule has 0 bridgehead atoms. The van der Waals surface area contributed by atoms with E-state index in [1.165, 1.54) is 28.5 Å². The third-order valence-electron chi connectivity index (χ3n) is 3.27. The van der Waals surface area contributed by atoms with Crippen molar-refractivity contribution >= 4 is 11.8 Å². The molecule has 0 aromatic heterocycles. The molecule has 0 fully saturated rings. The maximum Gasteiger partial charge on any atom is 0.133 e. The van der Waals surface area contributed by atoms with E-state index in [0.29, 0.717) is 5.92 Å². The zero-order valence-electron chi connectivity index (χ0n) is 12.3. The summed E-state index contributed by atoms with van der Waals surface area (Å²) in [5.41, 5.74) is 3.86. The third kappa shape index (κ3) is 4.80. The van der Waals surface area contributed by atoms with Crippen LogP contribution in [0.25, 0.3) is 0 Å². The Morgan fingerprint density at radius 3 is 2.68 bits per heavy atom. The van der Waals surface area contributed by atoms with Gasteiger partial charge in [-0.25, -0.2) is 0 Å². The van der Waals surface area contributed by atoms with Gasteiger partial charge in [-0.3, -0.25) is 0 Å². The summed E-state index contributed by atoms with van der Waals surface area (Å²) in [6.07, 6.45) is 2.07. The number of aryl methyl sites for hydroxylation is 2. The average molecular weight is 277 g/mol. The molecule has 0 saturated carbocycles. The molecule has 0 aliphatic carbocycles. The fourth-order valence-corrected chi connectivity index (χ4v) is 2.71. The van der Waals surface area contributed by atoms with Crippen LogP contribution >= 0.6 is 11.8 Å². The zero-order valence-corrected chi connectivity index (χ0v) is 13.1. The van der Waals surface area contributed by atoms with Gasteiger partial charge in [0.25, 0.3) is 0 Å². The van der Waals surface area contributed by atoms with E-state index in [0.717, 1.165) is 31.0 Å². The van der Waals surface area contributed by atoms with Crippen LogP contribution < -0.4 is 4.74 Å². The fourth-order valence-electron chi connectivity index (χ4n) is 2.15. The summed E-state index contributed by atoms with van der Waals surface area (Å²) in [6.45, 7) is 9.36. The van der Waals surface area contributed by atoms with Crippen molar-refractivity contribution in [3.8, 4) is 11.2 Å². The van der Waals surface area contributed by atoms with E-state index >= 15 is 0 Å². The largest absolute Gasteiger partial charge is 0.493 e. The first-order valence-corrected chi connectivity index (χ1v) is 7.83. The monoisotopic (exact) mass is 277 g/mol. The molecule has 2 nitrogen and oxygen atoms in total. The Morgan fingerprint density at radius 1 is 1.32 bits per heavy atom. The molecule has 0 saturated heterocycles. The number of benzene rings is 1. The number of rotatable bonds is 7. The third-order valence-corrected chi connectivity index (χ3v) is 3.84. The van der Waals surface area contributed by atoms with E-state index < -0.39 is 0 Å². The van der Waals surface area contributed by atoms with Gasteiger partial charge in [-0.15, -0.1) is 0 Å². The first-order chi connectivity index (χ1) is 9.10. The molecule has 0 radical (unpaired) electrons. The Hall–Kier alpha value is -1.14. The highest BCUT2D eigenvalue weighted by Gasteiger charge is 2.11. The molecule has 3 heteroatoms. The van der Waals surface area contributed by atoms with E-state index in [1.807, 2.05) is 0 Å². The molecule has 19 heavy (non-hydrogen) atoms. The van der Waals surface area contributed by atoms with E-state index in [2.05, 4.69) is 45.2 Å². The van der Waals surface area contributed by atoms with E-state index in [1.54, 1.807) is 0 Å². The van der Waals surface area contributed by atoms with Gasteiger partial charge in [-0.05, 0) is 67.1 Å². The predicted molar refractivity (Wildman–Crippen MR) is 82.8 cm³/mol. The number of ether oxygens (including phenoxy) is 1. The van der Waals surface area contributed by atoms with Crippen molar-refractivity contribution in [1.82, 2.24) is 0 Å². The van der Waals surface area contributed by atoms with Gasteiger partial charge in [0.15, 0.2) is 0 Å². The van der Waals surface area contributed by atoms with Crippen LogP contribution in [-0.4, -0.2) is 12.4 Å². The van der Waals surface area contributed by atoms with Crippen LogP contribution in [0.3, 0.4) is 0 Å². The van der Waals surface area contributed by atoms with Crippen molar-refractivity contribution in [2.75, 3.05) is 12.4 Å². The maximum atomic E-state index is 8.56. The standard InChI is InChI=1S/C16H23NOS/c1-5-7-18-16-10-13(3)15(9-14(16)4)12(2)6-8-19-11-17/h9-10,12H,5-8H2,1-4H3. The molecule has 1 unspecified atom stereocenters. The van der Waals surface area contributed by atoms with Gasteiger partial charge in [0.1, 0.15) is 11.2 Å². The molecule has 1 rings (SSSR count). The summed E-state index contributed by atoms with van der Waals surface area (Å²) in [4.78, 5) is 0. The minimum absolute atomic E-state index is 0.486. The summed E-state index contributed by atoms with van der Waals surface area (Å²) < 4.78 is 5.75. The Kier molecular flexibility index (Phi) is 6.80. The molecule has 1 atom stereocenters. The normalized spacial score (nSPS) is 11.9. The Bertz CT molecular complexity index is 451. The van der Waals surface area contributed by atoms with Gasteiger partial charge in [-0.1, -0.05) is 19.9 Å². The molecule has 1 aromatic rings. The van der Waals surface area contributed by atoms with Crippen molar-refractivity contribution in [2.24, 2.45) is 0 Å². The molecular formula is C16H23NOS. The highest BCUT2D eigenvalue weighted by molar-refractivity contribution is 8.03. The highest BCUT2D eigenvalue weighted by atomic mass is 32.2. The second-order valence-corrected chi connectivity index (χ2v) is 5.83. The zero-order chi connectivity index (χ0) is 14.3. The van der Waals surface area contributed by atoms with Crippen molar-refractivity contribution in [3.63, 3.8) is 0 Å². The van der Waals surface area contributed by atoms with Gasteiger partial charge >= 0.3 is 0 Å². The van der Waals surface area contributed by atoms with Crippen LogP contribution in [0.15, 0.2) is 12.1 Å². The van der Waals surface area contributed by atoms with Crippen LogP contribution in [-0.2, 0) is 0 Å². The molecule has 1 aromatic carbocycles. The molecule has 104 valence electrons. The summed E-state index contributed by atoms with van der Waals surface area (Å²) in [7, 11) is 0. The van der Waals surface area contributed by atoms with Crippen molar-refractivity contribution in [3.05, 3.63) is 28.8 Å². The molecule has 0 spiro atoms.